The molecule has 1 aliphatic rings. The number of hydrogen-bond acceptors (Lipinski definition) is 2. The molecule has 106 valence electrons. The summed E-state index contributed by atoms with van der Waals surface area (Å²) in [6.45, 7) is 5.58. The van der Waals surface area contributed by atoms with Crippen LogP contribution in [0.1, 0.15) is 19.3 Å². The van der Waals surface area contributed by atoms with Gasteiger partial charge in [0.15, 0.2) is 0 Å². The summed E-state index contributed by atoms with van der Waals surface area (Å²) in [6, 6.07) is 7.99. The van der Waals surface area contributed by atoms with Crippen molar-refractivity contribution in [2.45, 2.75) is 24.2 Å². The minimum atomic E-state index is 0.796. The van der Waals surface area contributed by atoms with E-state index in [9.17, 15) is 0 Å². The van der Waals surface area contributed by atoms with E-state index < -0.39 is 0 Å². The third-order valence-corrected chi connectivity index (χ3v) is 4.70. The maximum Gasteiger partial charge on any atom is 0.101 e. The van der Waals surface area contributed by atoms with Gasteiger partial charge in [-0.1, -0.05) is 11.6 Å². The summed E-state index contributed by atoms with van der Waals surface area (Å²) in [5.74, 6) is 1.01. The summed E-state index contributed by atoms with van der Waals surface area (Å²) in [5.41, 5.74) is 0. The molecule has 1 saturated heterocycles. The second-order valence-electron chi connectivity index (χ2n) is 4.98. The Bertz CT molecular complexity index is 352. The second-order valence-corrected chi connectivity index (χ2v) is 6.58. The molecular weight excluding hydrogens is 278 g/mol. The van der Waals surface area contributed by atoms with Gasteiger partial charge in [-0.2, -0.15) is 0 Å². The molecule has 0 atom stereocenters. The molecule has 2 rings (SSSR count). The van der Waals surface area contributed by atoms with E-state index in [0.29, 0.717) is 0 Å². The van der Waals surface area contributed by atoms with Crippen molar-refractivity contribution in [2.75, 3.05) is 38.6 Å². The van der Waals surface area contributed by atoms with Crippen LogP contribution in [0.15, 0.2) is 29.2 Å². The minimum Gasteiger partial charge on any atom is -0.375 e. The second kappa shape index (κ2) is 8.85. The van der Waals surface area contributed by atoms with Crippen LogP contribution in [0.4, 0.5) is 0 Å². The third-order valence-electron chi connectivity index (χ3n) is 3.47. The quantitative estimate of drug-likeness (QED) is 0.614. The number of quaternary nitrogens is 1. The van der Waals surface area contributed by atoms with Crippen molar-refractivity contribution in [2.24, 2.45) is 0 Å². The van der Waals surface area contributed by atoms with Crippen molar-refractivity contribution >= 4 is 23.4 Å². The lowest BCUT2D eigenvalue weighted by atomic mass is 10.1. The van der Waals surface area contributed by atoms with Crippen LogP contribution in [-0.4, -0.2) is 38.6 Å². The Kier molecular flexibility index (Phi) is 7.07. The summed E-state index contributed by atoms with van der Waals surface area (Å²) in [5, 5.41) is 0.796. The van der Waals surface area contributed by atoms with Crippen LogP contribution >= 0.6 is 23.4 Å². The van der Waals surface area contributed by atoms with E-state index in [0.717, 1.165) is 24.0 Å². The number of rotatable bonds is 7. The number of hydrogen-bond donors (Lipinski definition) is 1. The number of nitrogens with one attached hydrogen (secondary N) is 1. The molecule has 1 heterocycles. The van der Waals surface area contributed by atoms with Crippen LogP contribution in [0.3, 0.4) is 0 Å². The van der Waals surface area contributed by atoms with Gasteiger partial charge in [-0.15, -0.1) is 11.8 Å². The average Bonchev–Trinajstić information content (AvgIpc) is 2.46. The standard InChI is InChI=1S/C15H22ClNOS/c16-14-4-6-15(7-5-14)19-13-12-18-11-10-17-8-2-1-3-9-17/h4-7H,1-3,8-13H2/p+1. The minimum absolute atomic E-state index is 0.796. The summed E-state index contributed by atoms with van der Waals surface area (Å²) < 4.78 is 5.71. The molecule has 1 N–H and O–H groups in total. The average molecular weight is 301 g/mol. The van der Waals surface area contributed by atoms with Gasteiger partial charge in [0.1, 0.15) is 6.54 Å². The molecule has 4 heteroatoms. The molecule has 0 bridgehead atoms. The number of piperidine rings is 1. The zero-order valence-corrected chi connectivity index (χ0v) is 12.9. The Labute approximate surface area is 125 Å². The highest BCUT2D eigenvalue weighted by molar-refractivity contribution is 7.99. The zero-order valence-electron chi connectivity index (χ0n) is 11.4. The Morgan fingerprint density at radius 1 is 1.05 bits per heavy atom. The number of benzene rings is 1. The van der Waals surface area contributed by atoms with E-state index in [1.54, 1.807) is 4.90 Å². The van der Waals surface area contributed by atoms with Gasteiger partial charge in [0.2, 0.25) is 0 Å². The van der Waals surface area contributed by atoms with Crippen LogP contribution in [0, 0.1) is 0 Å². The van der Waals surface area contributed by atoms with E-state index in [1.807, 2.05) is 23.9 Å². The smallest absolute Gasteiger partial charge is 0.101 e. The molecule has 2 nitrogen and oxygen atoms in total. The highest BCUT2D eigenvalue weighted by Crippen LogP contribution is 2.19. The van der Waals surface area contributed by atoms with Gasteiger partial charge in [-0.3, -0.25) is 0 Å². The van der Waals surface area contributed by atoms with Gasteiger partial charge in [0.25, 0.3) is 0 Å². The number of thioether (sulfide) groups is 1. The maximum absolute atomic E-state index is 5.85. The van der Waals surface area contributed by atoms with Gasteiger partial charge in [-0.25, -0.2) is 0 Å². The number of likely N-dealkylation sites (tertiary alicyclic amines) is 1. The highest BCUT2D eigenvalue weighted by Gasteiger charge is 2.12. The van der Waals surface area contributed by atoms with Crippen molar-refractivity contribution in [1.82, 2.24) is 0 Å². The summed E-state index contributed by atoms with van der Waals surface area (Å²) in [4.78, 5) is 2.98. The lowest BCUT2D eigenvalue weighted by molar-refractivity contribution is -0.905. The van der Waals surface area contributed by atoms with E-state index in [2.05, 4.69) is 12.1 Å². The molecule has 0 aromatic heterocycles. The lowest BCUT2D eigenvalue weighted by Gasteiger charge is -2.23. The first-order valence-corrected chi connectivity index (χ1v) is 8.50. The first-order valence-electron chi connectivity index (χ1n) is 7.14. The monoisotopic (exact) mass is 300 g/mol. The molecular formula is C15H23ClNOS+. The molecule has 0 saturated carbocycles. The Morgan fingerprint density at radius 2 is 1.79 bits per heavy atom. The molecule has 0 spiro atoms. The van der Waals surface area contributed by atoms with E-state index >= 15 is 0 Å². The maximum atomic E-state index is 5.85. The summed E-state index contributed by atoms with van der Waals surface area (Å²) in [6.07, 6.45) is 4.20. The van der Waals surface area contributed by atoms with Crippen molar-refractivity contribution < 1.29 is 9.64 Å². The topological polar surface area (TPSA) is 13.7 Å². The Morgan fingerprint density at radius 3 is 2.53 bits per heavy atom. The summed E-state index contributed by atoms with van der Waals surface area (Å²) in [7, 11) is 0. The number of halogens is 1. The molecule has 1 fully saturated rings. The van der Waals surface area contributed by atoms with Gasteiger partial charge < -0.3 is 9.64 Å². The molecule has 1 aromatic rings. The molecule has 0 unspecified atom stereocenters. The largest absolute Gasteiger partial charge is 0.375 e. The molecule has 0 amide bonds. The SMILES string of the molecule is Clc1ccc(SCCOCC[NH+]2CCCCC2)cc1. The Balaban J connectivity index is 1.49. The van der Waals surface area contributed by atoms with Gasteiger partial charge in [0, 0.05) is 15.7 Å². The first kappa shape index (κ1) is 15.2. The van der Waals surface area contributed by atoms with Crippen molar-refractivity contribution in [3.8, 4) is 0 Å². The summed E-state index contributed by atoms with van der Waals surface area (Å²) >= 11 is 7.68. The molecule has 0 aliphatic carbocycles. The van der Waals surface area contributed by atoms with Gasteiger partial charge >= 0.3 is 0 Å². The third kappa shape index (κ3) is 6.17. The highest BCUT2D eigenvalue weighted by atomic mass is 35.5. The molecule has 1 aromatic carbocycles. The van der Waals surface area contributed by atoms with Crippen LogP contribution in [0.25, 0.3) is 0 Å². The lowest BCUT2D eigenvalue weighted by Crippen LogP contribution is -3.13. The van der Waals surface area contributed by atoms with Crippen LogP contribution in [-0.2, 0) is 4.74 Å². The molecule has 19 heavy (non-hydrogen) atoms. The van der Waals surface area contributed by atoms with Crippen molar-refractivity contribution in [1.29, 1.82) is 0 Å². The normalized spacial score (nSPS) is 16.7. The fourth-order valence-corrected chi connectivity index (χ4v) is 3.26. The molecule has 1 aliphatic heterocycles. The van der Waals surface area contributed by atoms with Gasteiger partial charge in [-0.05, 0) is 43.5 Å². The fourth-order valence-electron chi connectivity index (χ4n) is 2.37. The fraction of sp³-hybridized carbons (Fsp3) is 0.600. The number of ether oxygens (including phenoxy) is 1. The van der Waals surface area contributed by atoms with E-state index in [-0.39, 0.29) is 0 Å². The van der Waals surface area contributed by atoms with Crippen molar-refractivity contribution in [3.05, 3.63) is 29.3 Å². The van der Waals surface area contributed by atoms with Crippen LogP contribution in [0.5, 0.6) is 0 Å². The molecule has 0 radical (unpaired) electrons. The predicted molar refractivity (Wildman–Crippen MR) is 82.4 cm³/mol. The predicted octanol–water partition coefficient (Wildman–Crippen LogP) is 2.52. The van der Waals surface area contributed by atoms with Crippen LogP contribution < -0.4 is 4.90 Å². The zero-order chi connectivity index (χ0) is 13.3. The Hall–Kier alpha value is -0.220. The van der Waals surface area contributed by atoms with Gasteiger partial charge in [0.05, 0.1) is 26.3 Å². The van der Waals surface area contributed by atoms with E-state index in [4.69, 9.17) is 16.3 Å². The van der Waals surface area contributed by atoms with Crippen molar-refractivity contribution in [3.63, 3.8) is 0 Å². The van der Waals surface area contributed by atoms with E-state index in [1.165, 1.54) is 43.8 Å². The van der Waals surface area contributed by atoms with Crippen LogP contribution in [0.2, 0.25) is 5.02 Å². The first-order chi connectivity index (χ1) is 9.34.